The smallest absolute Gasteiger partial charge is 0.295 e. The van der Waals surface area contributed by atoms with Gasteiger partial charge in [0.25, 0.3) is 11.7 Å². The van der Waals surface area contributed by atoms with E-state index in [-0.39, 0.29) is 17.4 Å². The lowest BCUT2D eigenvalue weighted by molar-refractivity contribution is -0.140. The van der Waals surface area contributed by atoms with Crippen LogP contribution in [0, 0.1) is 0 Å². The Morgan fingerprint density at radius 1 is 1.03 bits per heavy atom. The van der Waals surface area contributed by atoms with Crippen LogP contribution in [0.5, 0.6) is 17.2 Å². The molecule has 3 heterocycles. The van der Waals surface area contributed by atoms with Crippen molar-refractivity contribution in [2.75, 3.05) is 53.6 Å². The predicted octanol–water partition coefficient (Wildman–Crippen LogP) is 3.17. The largest absolute Gasteiger partial charge is 0.507 e. The first-order valence-electron chi connectivity index (χ1n) is 13.0. The number of nitrogens with zero attached hydrogens (tertiary/aromatic N) is 2. The molecule has 3 aliphatic rings. The number of ether oxygens (including phenoxy) is 4. The molecule has 5 rings (SSSR count). The minimum atomic E-state index is -0.761. The van der Waals surface area contributed by atoms with Crippen molar-refractivity contribution >= 4 is 17.4 Å². The average molecular weight is 523 g/mol. The van der Waals surface area contributed by atoms with Crippen LogP contribution in [0.2, 0.25) is 0 Å². The molecule has 9 heteroatoms. The number of ketones is 1. The van der Waals surface area contributed by atoms with Crippen LogP contribution in [0.1, 0.15) is 36.1 Å². The number of amides is 1. The van der Waals surface area contributed by atoms with Crippen molar-refractivity contribution in [2.45, 2.75) is 31.9 Å². The van der Waals surface area contributed by atoms with E-state index in [4.69, 9.17) is 18.9 Å². The van der Waals surface area contributed by atoms with Gasteiger partial charge in [-0.05, 0) is 54.8 Å². The topological polar surface area (TPSA) is 97.8 Å². The second kappa shape index (κ2) is 11.0. The number of carbonyl (C=O) groups is 2. The molecule has 3 aliphatic heterocycles. The summed E-state index contributed by atoms with van der Waals surface area (Å²) in [5.74, 6) is 0.279. The molecule has 2 aromatic rings. The molecule has 38 heavy (non-hydrogen) atoms. The van der Waals surface area contributed by atoms with Crippen LogP contribution < -0.4 is 14.2 Å². The van der Waals surface area contributed by atoms with Gasteiger partial charge in [0.2, 0.25) is 0 Å². The Labute approximate surface area is 222 Å². The fraction of sp³-hybridized carbons (Fsp3) is 0.448. The Bertz CT molecular complexity index is 1250. The van der Waals surface area contributed by atoms with Gasteiger partial charge in [0.15, 0.2) is 11.5 Å². The van der Waals surface area contributed by atoms with Gasteiger partial charge in [-0.25, -0.2) is 0 Å². The van der Waals surface area contributed by atoms with Crippen molar-refractivity contribution in [3.05, 3.63) is 58.7 Å². The Balaban J connectivity index is 1.52. The van der Waals surface area contributed by atoms with Crippen molar-refractivity contribution in [2.24, 2.45) is 0 Å². The molecule has 2 fully saturated rings. The molecule has 0 radical (unpaired) electrons. The number of morpholine rings is 1. The van der Waals surface area contributed by atoms with E-state index in [1.54, 1.807) is 42.3 Å². The molecule has 0 aliphatic carbocycles. The minimum Gasteiger partial charge on any atom is -0.507 e. The summed E-state index contributed by atoms with van der Waals surface area (Å²) in [4.78, 5) is 30.6. The van der Waals surface area contributed by atoms with Crippen LogP contribution in [0.4, 0.5) is 0 Å². The maximum atomic E-state index is 13.4. The van der Waals surface area contributed by atoms with Crippen LogP contribution in [0.15, 0.2) is 42.0 Å². The number of hydrogen-bond donors (Lipinski definition) is 1. The van der Waals surface area contributed by atoms with Gasteiger partial charge in [0.05, 0.1) is 39.0 Å². The molecule has 2 unspecified atom stereocenters. The monoisotopic (exact) mass is 522 g/mol. The van der Waals surface area contributed by atoms with E-state index in [1.807, 2.05) is 13.0 Å². The number of carbonyl (C=O) groups excluding carboxylic acids is 2. The normalized spacial score (nSPS) is 22.9. The van der Waals surface area contributed by atoms with Crippen molar-refractivity contribution in [1.29, 1.82) is 0 Å². The van der Waals surface area contributed by atoms with Crippen LogP contribution in [0.25, 0.3) is 5.76 Å². The number of benzene rings is 2. The molecule has 0 bridgehead atoms. The van der Waals surface area contributed by atoms with Crippen molar-refractivity contribution < 1.29 is 33.6 Å². The lowest BCUT2D eigenvalue weighted by Crippen LogP contribution is -2.38. The first-order chi connectivity index (χ1) is 18.4. The zero-order valence-electron chi connectivity index (χ0n) is 22.1. The third-order valence-corrected chi connectivity index (χ3v) is 7.41. The lowest BCUT2D eigenvalue weighted by Gasteiger charge is -2.29. The number of Topliss-reactive ketones (excluding diaryl/α,β-unsaturated/α-hetero) is 1. The maximum absolute atomic E-state index is 13.4. The Hall–Kier alpha value is -3.56. The van der Waals surface area contributed by atoms with E-state index in [9.17, 15) is 14.7 Å². The Morgan fingerprint density at radius 2 is 1.79 bits per heavy atom. The average Bonchev–Trinajstić information content (AvgIpc) is 3.43. The highest BCUT2D eigenvalue weighted by molar-refractivity contribution is 6.46. The molecular formula is C29H34N2O7. The maximum Gasteiger partial charge on any atom is 0.295 e. The quantitative estimate of drug-likeness (QED) is 0.321. The van der Waals surface area contributed by atoms with Gasteiger partial charge in [-0.2, -0.15) is 0 Å². The van der Waals surface area contributed by atoms with Crippen LogP contribution >= 0.6 is 0 Å². The summed E-state index contributed by atoms with van der Waals surface area (Å²) < 4.78 is 22.1. The summed E-state index contributed by atoms with van der Waals surface area (Å²) in [5.41, 5.74) is 2.18. The molecule has 202 valence electrons. The third kappa shape index (κ3) is 4.96. The molecule has 2 saturated heterocycles. The van der Waals surface area contributed by atoms with E-state index in [0.717, 1.165) is 30.9 Å². The standard InChI is InChI=1S/C29H34N2O7/c1-18-15-21-16-20(6-7-22(21)38-18)27(32)25-26(19-5-8-23(35-2)24(17-19)36-3)31(29(34)28(25)33)10-4-9-30-11-13-37-14-12-30/h5-8,16-18,26,32H,4,9-15H2,1-3H3/b27-25-. The molecule has 0 spiro atoms. The predicted molar refractivity (Wildman–Crippen MR) is 141 cm³/mol. The molecule has 2 atom stereocenters. The molecular weight excluding hydrogens is 488 g/mol. The van der Waals surface area contributed by atoms with E-state index in [2.05, 4.69) is 4.90 Å². The molecule has 1 N–H and O–H groups in total. The second-order valence-corrected chi connectivity index (χ2v) is 9.87. The highest BCUT2D eigenvalue weighted by Gasteiger charge is 2.46. The van der Waals surface area contributed by atoms with E-state index in [1.165, 1.54) is 7.11 Å². The molecule has 0 saturated carbocycles. The molecule has 9 nitrogen and oxygen atoms in total. The highest BCUT2D eigenvalue weighted by atomic mass is 16.5. The summed E-state index contributed by atoms with van der Waals surface area (Å²) in [7, 11) is 3.09. The van der Waals surface area contributed by atoms with Crippen LogP contribution in [-0.2, 0) is 20.7 Å². The fourth-order valence-electron chi connectivity index (χ4n) is 5.49. The minimum absolute atomic E-state index is 0.0474. The van der Waals surface area contributed by atoms with Gasteiger partial charge in [-0.1, -0.05) is 6.07 Å². The zero-order chi connectivity index (χ0) is 26.8. The summed E-state index contributed by atoms with van der Waals surface area (Å²) in [5, 5.41) is 11.5. The molecule has 2 aromatic carbocycles. The number of fused-ring (bicyclic) bond motifs is 1. The summed E-state index contributed by atoms with van der Waals surface area (Å²) in [6, 6.07) is 9.92. The molecule has 0 aromatic heterocycles. The van der Waals surface area contributed by atoms with Crippen molar-refractivity contribution in [3.8, 4) is 17.2 Å². The first-order valence-corrected chi connectivity index (χ1v) is 13.0. The second-order valence-electron chi connectivity index (χ2n) is 9.87. The van der Waals surface area contributed by atoms with Gasteiger partial charge in [0.1, 0.15) is 17.6 Å². The van der Waals surface area contributed by atoms with Crippen LogP contribution in [-0.4, -0.2) is 86.3 Å². The summed E-state index contributed by atoms with van der Waals surface area (Å²) >= 11 is 0. The summed E-state index contributed by atoms with van der Waals surface area (Å²) in [6.07, 6.45) is 1.45. The third-order valence-electron chi connectivity index (χ3n) is 7.41. The number of hydrogen-bond acceptors (Lipinski definition) is 8. The zero-order valence-corrected chi connectivity index (χ0v) is 22.1. The van der Waals surface area contributed by atoms with E-state index < -0.39 is 17.7 Å². The Kier molecular flexibility index (Phi) is 7.58. The highest BCUT2D eigenvalue weighted by Crippen LogP contribution is 2.42. The lowest BCUT2D eigenvalue weighted by atomic mass is 9.94. The number of aliphatic hydroxyl groups excluding tert-OH is 1. The van der Waals surface area contributed by atoms with Gasteiger partial charge in [-0.3, -0.25) is 14.5 Å². The fourth-order valence-corrected chi connectivity index (χ4v) is 5.49. The SMILES string of the molecule is COc1ccc(C2/C(=C(/O)c3ccc4c(c3)CC(C)O4)C(=O)C(=O)N2CCCN2CCOCC2)cc1OC. The molecule has 1 amide bonds. The van der Waals surface area contributed by atoms with Gasteiger partial charge < -0.3 is 29.0 Å². The van der Waals surface area contributed by atoms with Crippen LogP contribution in [0.3, 0.4) is 0 Å². The van der Waals surface area contributed by atoms with Crippen molar-refractivity contribution in [1.82, 2.24) is 9.80 Å². The number of methoxy groups -OCH3 is 2. The van der Waals surface area contributed by atoms with Gasteiger partial charge in [0, 0.05) is 38.2 Å². The van der Waals surface area contributed by atoms with Gasteiger partial charge in [-0.15, -0.1) is 0 Å². The Morgan fingerprint density at radius 3 is 2.53 bits per heavy atom. The van der Waals surface area contributed by atoms with Crippen molar-refractivity contribution in [3.63, 3.8) is 0 Å². The number of rotatable bonds is 8. The summed E-state index contributed by atoms with van der Waals surface area (Å²) in [6.45, 7) is 6.22. The number of aliphatic hydroxyl groups is 1. The van der Waals surface area contributed by atoms with E-state index >= 15 is 0 Å². The van der Waals surface area contributed by atoms with Gasteiger partial charge >= 0.3 is 0 Å². The van der Waals surface area contributed by atoms with E-state index in [0.29, 0.717) is 55.2 Å². The first kappa shape index (κ1) is 26.1. The number of likely N-dealkylation sites (tertiary alicyclic amines) is 1.